The van der Waals surface area contributed by atoms with Crippen LogP contribution < -0.4 is 5.32 Å². The van der Waals surface area contributed by atoms with Crippen molar-refractivity contribution in [3.63, 3.8) is 0 Å². The van der Waals surface area contributed by atoms with E-state index in [-0.39, 0.29) is 0 Å². The predicted octanol–water partition coefficient (Wildman–Crippen LogP) is 2.23. The van der Waals surface area contributed by atoms with Gasteiger partial charge in [0.2, 0.25) is 11.7 Å². The van der Waals surface area contributed by atoms with Crippen molar-refractivity contribution in [2.24, 2.45) is 0 Å². The van der Waals surface area contributed by atoms with Crippen LogP contribution in [0.3, 0.4) is 0 Å². The van der Waals surface area contributed by atoms with Gasteiger partial charge in [-0.15, -0.1) is 0 Å². The Labute approximate surface area is 125 Å². The summed E-state index contributed by atoms with van der Waals surface area (Å²) in [6.45, 7) is 4.90. The molecule has 5 heteroatoms. The van der Waals surface area contributed by atoms with Crippen LogP contribution in [0, 0.1) is 6.92 Å². The van der Waals surface area contributed by atoms with E-state index in [0.717, 1.165) is 24.2 Å². The van der Waals surface area contributed by atoms with Gasteiger partial charge in [-0.2, -0.15) is 4.98 Å². The lowest BCUT2D eigenvalue weighted by Crippen LogP contribution is -2.35. The van der Waals surface area contributed by atoms with Gasteiger partial charge < -0.3 is 9.84 Å². The van der Waals surface area contributed by atoms with E-state index in [9.17, 15) is 0 Å². The lowest BCUT2D eigenvalue weighted by molar-refractivity contribution is 0.248. The fourth-order valence-corrected chi connectivity index (χ4v) is 2.84. The van der Waals surface area contributed by atoms with Gasteiger partial charge >= 0.3 is 0 Å². The molecule has 1 fully saturated rings. The number of hydrogen-bond acceptors (Lipinski definition) is 5. The molecule has 5 nitrogen and oxygen atoms in total. The van der Waals surface area contributed by atoms with Crippen molar-refractivity contribution in [2.45, 2.75) is 32.4 Å². The number of benzene rings is 1. The van der Waals surface area contributed by atoms with E-state index in [0.29, 0.717) is 24.3 Å². The molecular weight excluding hydrogens is 264 g/mol. The van der Waals surface area contributed by atoms with E-state index in [1.807, 2.05) is 18.2 Å². The summed E-state index contributed by atoms with van der Waals surface area (Å²) < 4.78 is 5.39. The molecule has 1 aromatic heterocycles. The molecule has 1 aliphatic rings. The molecule has 0 radical (unpaired) electrons. The van der Waals surface area contributed by atoms with Crippen molar-refractivity contribution >= 4 is 0 Å². The van der Waals surface area contributed by atoms with E-state index in [4.69, 9.17) is 4.52 Å². The van der Waals surface area contributed by atoms with Crippen LogP contribution in [0.25, 0.3) is 11.4 Å². The van der Waals surface area contributed by atoms with Crippen molar-refractivity contribution in [3.8, 4) is 11.4 Å². The third kappa shape index (κ3) is 3.49. The number of hydrogen-bond donors (Lipinski definition) is 1. The smallest absolute Gasteiger partial charge is 0.241 e. The Bertz CT molecular complexity index is 589. The molecule has 1 atom stereocenters. The molecule has 0 aliphatic carbocycles. The van der Waals surface area contributed by atoms with Gasteiger partial charge in [0.05, 0.1) is 6.54 Å². The summed E-state index contributed by atoms with van der Waals surface area (Å²) in [6, 6.07) is 8.69. The largest absolute Gasteiger partial charge is 0.338 e. The summed E-state index contributed by atoms with van der Waals surface area (Å²) in [4.78, 5) is 6.75. The first-order valence-electron chi connectivity index (χ1n) is 7.53. The average molecular weight is 286 g/mol. The molecular formula is C16H22N4O. The Morgan fingerprint density at radius 2 is 2.24 bits per heavy atom. The van der Waals surface area contributed by atoms with Crippen molar-refractivity contribution in [3.05, 3.63) is 35.7 Å². The minimum Gasteiger partial charge on any atom is -0.338 e. The molecule has 1 aliphatic heterocycles. The van der Waals surface area contributed by atoms with E-state index >= 15 is 0 Å². The van der Waals surface area contributed by atoms with Crippen LogP contribution in [0.15, 0.2) is 28.8 Å². The molecule has 1 N–H and O–H groups in total. The summed E-state index contributed by atoms with van der Waals surface area (Å²) in [5, 5.41) is 7.61. The van der Waals surface area contributed by atoms with Crippen LogP contribution in [0.1, 0.15) is 24.3 Å². The normalized spacial score (nSPS) is 18.5. The second-order valence-corrected chi connectivity index (χ2v) is 5.82. The van der Waals surface area contributed by atoms with Gasteiger partial charge in [-0.25, -0.2) is 0 Å². The van der Waals surface area contributed by atoms with E-state index in [2.05, 4.69) is 40.4 Å². The number of nitrogens with zero attached hydrogens (tertiary/aromatic N) is 3. The number of aromatic nitrogens is 2. The Balaban J connectivity index is 1.63. The molecule has 1 saturated heterocycles. The number of aryl methyl sites for hydroxylation is 1. The zero-order chi connectivity index (χ0) is 14.7. The Morgan fingerprint density at radius 3 is 3.00 bits per heavy atom. The second kappa shape index (κ2) is 6.37. The highest BCUT2D eigenvalue weighted by Crippen LogP contribution is 2.20. The van der Waals surface area contributed by atoms with Crippen LogP contribution in [0.4, 0.5) is 0 Å². The standard InChI is InChI=1S/C16H22N4O/c1-12-6-3-4-8-14(12)16-18-15(21-19-16)11-20(2)10-13-7-5-9-17-13/h3-4,6,8,13,17H,5,7,9-11H2,1-2H3. The van der Waals surface area contributed by atoms with Crippen molar-refractivity contribution < 1.29 is 4.52 Å². The fourth-order valence-electron chi connectivity index (χ4n) is 2.84. The van der Waals surface area contributed by atoms with Gasteiger partial charge in [0.1, 0.15) is 0 Å². The van der Waals surface area contributed by atoms with E-state index in [1.165, 1.54) is 12.8 Å². The quantitative estimate of drug-likeness (QED) is 0.913. The Kier molecular flexibility index (Phi) is 4.31. The first-order valence-corrected chi connectivity index (χ1v) is 7.53. The molecule has 0 spiro atoms. The molecule has 2 aromatic rings. The van der Waals surface area contributed by atoms with Crippen LogP contribution in [0.2, 0.25) is 0 Å². The Morgan fingerprint density at radius 1 is 1.38 bits per heavy atom. The molecule has 0 amide bonds. The van der Waals surface area contributed by atoms with Crippen molar-refractivity contribution in [1.29, 1.82) is 0 Å². The van der Waals surface area contributed by atoms with Crippen LogP contribution in [-0.4, -0.2) is 41.2 Å². The average Bonchev–Trinajstić information content (AvgIpc) is 3.11. The molecule has 0 saturated carbocycles. The summed E-state index contributed by atoms with van der Waals surface area (Å²) in [5.41, 5.74) is 2.20. The first-order chi connectivity index (χ1) is 10.2. The second-order valence-electron chi connectivity index (χ2n) is 5.82. The molecule has 1 aromatic carbocycles. The third-order valence-corrected chi connectivity index (χ3v) is 3.95. The Hall–Kier alpha value is -1.72. The first kappa shape index (κ1) is 14.2. The maximum atomic E-state index is 5.39. The number of likely N-dealkylation sites (N-methyl/N-ethyl adjacent to an activating group) is 1. The lowest BCUT2D eigenvalue weighted by Gasteiger charge is -2.18. The highest BCUT2D eigenvalue weighted by atomic mass is 16.5. The minimum atomic E-state index is 0.591. The van der Waals surface area contributed by atoms with Crippen LogP contribution >= 0.6 is 0 Å². The van der Waals surface area contributed by atoms with E-state index in [1.54, 1.807) is 0 Å². The van der Waals surface area contributed by atoms with E-state index < -0.39 is 0 Å². The molecule has 21 heavy (non-hydrogen) atoms. The fraction of sp³-hybridized carbons (Fsp3) is 0.500. The zero-order valence-corrected chi connectivity index (χ0v) is 12.7. The SMILES string of the molecule is Cc1ccccc1-c1noc(CN(C)CC2CCCN2)n1. The van der Waals surface area contributed by atoms with Crippen molar-refractivity contribution in [1.82, 2.24) is 20.4 Å². The topological polar surface area (TPSA) is 54.2 Å². The number of rotatable bonds is 5. The zero-order valence-electron chi connectivity index (χ0n) is 12.7. The summed E-state index contributed by atoms with van der Waals surface area (Å²) in [5.74, 6) is 1.35. The third-order valence-electron chi connectivity index (χ3n) is 3.95. The van der Waals surface area contributed by atoms with Gasteiger partial charge in [0.15, 0.2) is 0 Å². The van der Waals surface area contributed by atoms with Gasteiger partial charge in [0.25, 0.3) is 0 Å². The maximum Gasteiger partial charge on any atom is 0.241 e. The minimum absolute atomic E-state index is 0.591. The molecule has 3 rings (SSSR count). The summed E-state index contributed by atoms with van der Waals surface area (Å²) in [6.07, 6.45) is 2.53. The monoisotopic (exact) mass is 286 g/mol. The van der Waals surface area contributed by atoms with Crippen LogP contribution in [-0.2, 0) is 6.54 Å². The van der Waals surface area contributed by atoms with Gasteiger partial charge in [-0.3, -0.25) is 4.90 Å². The highest BCUT2D eigenvalue weighted by Gasteiger charge is 2.18. The van der Waals surface area contributed by atoms with Gasteiger partial charge in [-0.1, -0.05) is 29.4 Å². The van der Waals surface area contributed by atoms with Gasteiger partial charge in [-0.05, 0) is 38.9 Å². The molecule has 1 unspecified atom stereocenters. The molecule has 0 bridgehead atoms. The maximum absolute atomic E-state index is 5.39. The highest BCUT2D eigenvalue weighted by molar-refractivity contribution is 5.58. The molecule has 112 valence electrons. The summed E-state index contributed by atoms with van der Waals surface area (Å²) in [7, 11) is 2.09. The van der Waals surface area contributed by atoms with Crippen molar-refractivity contribution in [2.75, 3.05) is 20.1 Å². The van der Waals surface area contributed by atoms with Crippen LogP contribution in [0.5, 0.6) is 0 Å². The summed E-state index contributed by atoms with van der Waals surface area (Å²) >= 11 is 0. The molecule has 2 heterocycles. The number of nitrogens with one attached hydrogen (secondary N) is 1. The predicted molar refractivity (Wildman–Crippen MR) is 81.8 cm³/mol. The lowest BCUT2D eigenvalue weighted by atomic mass is 10.1. The van der Waals surface area contributed by atoms with Gasteiger partial charge in [0, 0.05) is 18.2 Å².